The second kappa shape index (κ2) is 3.75. The highest BCUT2D eigenvalue weighted by Gasteiger charge is 2.93. The molecule has 0 saturated heterocycles. The molecule has 0 radical (unpaired) electrons. The summed E-state index contributed by atoms with van der Waals surface area (Å²) in [6.07, 6.45) is 1.39. The van der Waals surface area contributed by atoms with Crippen LogP contribution in [0.2, 0.25) is 0 Å². The van der Waals surface area contributed by atoms with Crippen molar-refractivity contribution >= 4 is 0 Å². The van der Waals surface area contributed by atoms with Crippen LogP contribution in [-0.2, 0) is 0 Å². The number of rotatable bonds is 0. The summed E-state index contributed by atoms with van der Waals surface area (Å²) in [7, 11) is 0. The van der Waals surface area contributed by atoms with E-state index in [9.17, 15) is 43.9 Å². The second-order valence-electron chi connectivity index (χ2n) is 5.97. The summed E-state index contributed by atoms with van der Waals surface area (Å²) in [6.45, 7) is 0. The van der Waals surface area contributed by atoms with E-state index in [1.807, 2.05) is 0 Å². The SMILES string of the molecule is FC1(F)[C@@H]2[C@@H]([C@@H]3C=C[C@H]2C3)C(F)(F)C(F)(F)C(F)(F)C1(F)F. The van der Waals surface area contributed by atoms with Crippen LogP contribution in [0.1, 0.15) is 6.42 Å². The van der Waals surface area contributed by atoms with Gasteiger partial charge in [-0.25, -0.2) is 0 Å². The zero-order valence-electron chi connectivity index (χ0n) is 10.5. The van der Waals surface area contributed by atoms with Crippen molar-refractivity contribution in [2.24, 2.45) is 23.7 Å². The minimum absolute atomic E-state index is 0.460. The number of allylic oxidation sites excluding steroid dienone is 2. The fourth-order valence-corrected chi connectivity index (χ4v) is 3.85. The molecule has 0 aromatic rings. The van der Waals surface area contributed by atoms with E-state index in [0.717, 1.165) is 12.2 Å². The number of hydrogen-bond donors (Lipinski definition) is 0. The minimum Gasteiger partial charge on any atom is -0.199 e. The molecule has 0 unspecified atom stereocenters. The van der Waals surface area contributed by atoms with Crippen LogP contribution < -0.4 is 0 Å². The smallest absolute Gasteiger partial charge is 0.199 e. The fourth-order valence-electron chi connectivity index (χ4n) is 3.85. The first kappa shape index (κ1) is 15.9. The second-order valence-corrected chi connectivity index (χ2v) is 5.97. The Hall–Kier alpha value is -0.960. The average molecular weight is 342 g/mol. The molecule has 3 aliphatic carbocycles. The molecule has 0 aromatic carbocycles. The lowest BCUT2D eigenvalue weighted by Crippen LogP contribution is -2.65. The fraction of sp³-hybridized carbons (Fsp3) is 0.833. The predicted molar refractivity (Wildman–Crippen MR) is 52.5 cm³/mol. The Bertz CT molecular complexity index is 490. The summed E-state index contributed by atoms with van der Waals surface area (Å²) in [5.74, 6) is -40.5. The Morgan fingerprint density at radius 2 is 0.864 bits per heavy atom. The Labute approximate surface area is 117 Å². The Kier molecular flexibility index (Phi) is 2.71. The molecule has 0 aliphatic heterocycles. The molecule has 22 heavy (non-hydrogen) atoms. The van der Waals surface area contributed by atoms with E-state index in [4.69, 9.17) is 0 Å². The van der Waals surface area contributed by atoms with E-state index >= 15 is 0 Å². The van der Waals surface area contributed by atoms with Crippen molar-refractivity contribution in [2.45, 2.75) is 36.0 Å². The van der Waals surface area contributed by atoms with Gasteiger partial charge >= 0.3 is 29.6 Å². The van der Waals surface area contributed by atoms with E-state index in [-0.39, 0.29) is 0 Å². The van der Waals surface area contributed by atoms with Gasteiger partial charge in [0, 0.05) is 11.8 Å². The summed E-state index contributed by atoms with van der Waals surface area (Å²) in [5.41, 5.74) is 0. The molecule has 126 valence electrons. The molecule has 4 atom stereocenters. The van der Waals surface area contributed by atoms with E-state index in [1.54, 1.807) is 0 Å². The van der Waals surface area contributed by atoms with Crippen LogP contribution in [0.5, 0.6) is 0 Å². The first-order chi connectivity index (χ1) is 9.71. The van der Waals surface area contributed by atoms with Gasteiger partial charge in [0.2, 0.25) is 0 Å². The number of fused-ring (bicyclic) bond motifs is 5. The van der Waals surface area contributed by atoms with E-state index < -0.39 is 59.7 Å². The van der Waals surface area contributed by atoms with Crippen molar-refractivity contribution in [3.05, 3.63) is 12.2 Å². The molecule has 3 rings (SSSR count). The first-order valence-electron chi connectivity index (χ1n) is 6.28. The highest BCUT2D eigenvalue weighted by Crippen LogP contribution is 2.71. The molecule has 0 aromatic heterocycles. The Balaban J connectivity index is 2.30. The van der Waals surface area contributed by atoms with Crippen molar-refractivity contribution in [1.82, 2.24) is 0 Å². The van der Waals surface area contributed by atoms with Gasteiger partial charge in [-0.1, -0.05) is 12.2 Å². The molecule has 0 N–H and O–H groups in total. The maximum absolute atomic E-state index is 13.9. The normalized spacial score (nSPS) is 45.4. The zero-order chi connectivity index (χ0) is 16.9. The molecule has 2 fully saturated rings. The van der Waals surface area contributed by atoms with Gasteiger partial charge in [0.1, 0.15) is 0 Å². The highest BCUT2D eigenvalue weighted by molar-refractivity contribution is 5.26. The van der Waals surface area contributed by atoms with Crippen LogP contribution in [0.15, 0.2) is 12.2 Å². The Morgan fingerprint density at radius 3 is 1.18 bits per heavy atom. The molecule has 10 heteroatoms. The van der Waals surface area contributed by atoms with Crippen LogP contribution in [0.3, 0.4) is 0 Å². The summed E-state index contributed by atoms with van der Waals surface area (Å²) in [4.78, 5) is 0. The van der Waals surface area contributed by atoms with Crippen LogP contribution in [-0.4, -0.2) is 29.6 Å². The predicted octanol–water partition coefficient (Wildman–Crippen LogP) is 4.61. The van der Waals surface area contributed by atoms with E-state index in [1.165, 1.54) is 0 Å². The summed E-state index contributed by atoms with van der Waals surface area (Å²) in [6, 6.07) is 0. The van der Waals surface area contributed by atoms with Crippen molar-refractivity contribution in [1.29, 1.82) is 0 Å². The Morgan fingerprint density at radius 1 is 0.545 bits per heavy atom. The number of alkyl halides is 10. The quantitative estimate of drug-likeness (QED) is 0.445. The molecule has 0 spiro atoms. The monoisotopic (exact) mass is 342 g/mol. The first-order valence-corrected chi connectivity index (χ1v) is 6.28. The molecule has 2 bridgehead atoms. The van der Waals surface area contributed by atoms with Gasteiger partial charge in [0.25, 0.3) is 0 Å². The maximum Gasteiger partial charge on any atom is 0.384 e. The topological polar surface area (TPSA) is 0 Å². The lowest BCUT2D eigenvalue weighted by Gasteiger charge is -2.36. The minimum atomic E-state index is -6.88. The van der Waals surface area contributed by atoms with E-state index in [0.29, 0.717) is 0 Å². The van der Waals surface area contributed by atoms with Crippen molar-refractivity contribution in [3.63, 3.8) is 0 Å². The number of hydrogen-bond acceptors (Lipinski definition) is 0. The van der Waals surface area contributed by atoms with Gasteiger partial charge in [0.15, 0.2) is 0 Å². The molecular formula is C12H8F10. The van der Waals surface area contributed by atoms with Gasteiger partial charge < -0.3 is 0 Å². The van der Waals surface area contributed by atoms with Crippen LogP contribution >= 0.6 is 0 Å². The third-order valence-corrected chi connectivity index (χ3v) is 4.92. The average Bonchev–Trinajstić information content (AvgIpc) is 2.96. The van der Waals surface area contributed by atoms with Crippen LogP contribution in [0, 0.1) is 23.7 Å². The molecule has 3 aliphatic rings. The largest absolute Gasteiger partial charge is 0.384 e. The van der Waals surface area contributed by atoms with Crippen molar-refractivity contribution < 1.29 is 43.9 Å². The third-order valence-electron chi connectivity index (χ3n) is 4.92. The molecular weight excluding hydrogens is 334 g/mol. The molecule has 0 amide bonds. The lowest BCUT2D eigenvalue weighted by molar-refractivity contribution is -0.391. The molecule has 0 nitrogen and oxygen atoms in total. The number of halogens is 10. The van der Waals surface area contributed by atoms with Crippen LogP contribution in [0.4, 0.5) is 43.9 Å². The van der Waals surface area contributed by atoms with Crippen LogP contribution in [0.25, 0.3) is 0 Å². The van der Waals surface area contributed by atoms with Gasteiger partial charge in [-0.3, -0.25) is 0 Å². The third kappa shape index (κ3) is 1.34. The van der Waals surface area contributed by atoms with Crippen molar-refractivity contribution in [3.8, 4) is 0 Å². The van der Waals surface area contributed by atoms with Crippen molar-refractivity contribution in [2.75, 3.05) is 0 Å². The van der Waals surface area contributed by atoms with Gasteiger partial charge in [-0.15, -0.1) is 0 Å². The summed E-state index contributed by atoms with van der Waals surface area (Å²) >= 11 is 0. The summed E-state index contributed by atoms with van der Waals surface area (Å²) in [5, 5.41) is 0. The van der Waals surface area contributed by atoms with Gasteiger partial charge in [0.05, 0.1) is 0 Å². The van der Waals surface area contributed by atoms with Gasteiger partial charge in [-0.05, 0) is 18.3 Å². The molecule has 2 saturated carbocycles. The van der Waals surface area contributed by atoms with Gasteiger partial charge in [-0.2, -0.15) is 43.9 Å². The standard InChI is InChI=1S/C12H8F10/c13-8(14)6-4-1-2-5(3-4)7(6)9(15,16)11(19,20)12(21,22)10(8,17)18/h1-2,4-7H,3H2/t4-,5+,6-,7+. The maximum atomic E-state index is 13.9. The lowest BCUT2D eigenvalue weighted by atomic mass is 9.75. The summed E-state index contributed by atoms with van der Waals surface area (Å²) < 4.78 is 136. The zero-order valence-corrected chi connectivity index (χ0v) is 10.5. The molecule has 0 heterocycles. The highest BCUT2D eigenvalue weighted by atomic mass is 19.4. The van der Waals surface area contributed by atoms with E-state index in [2.05, 4.69) is 0 Å².